The fourth-order valence-electron chi connectivity index (χ4n) is 1.75. The van der Waals surface area contributed by atoms with E-state index in [4.69, 9.17) is 7.85 Å². The largest absolute Gasteiger partial charge is 0.295 e. The number of nitrogens with zero attached hydrogens (tertiary/aromatic N) is 2. The fourth-order valence-corrected chi connectivity index (χ4v) is 1.75. The minimum atomic E-state index is -0.688. The van der Waals surface area contributed by atoms with Crippen LogP contribution in [0.15, 0.2) is 11.1 Å². The quantitative estimate of drug-likeness (QED) is 0.462. The number of aromatic nitrogens is 2. The molecule has 1 aromatic heterocycles. The normalized spacial score (nSPS) is 20.2. The molecule has 0 bridgehead atoms. The first kappa shape index (κ1) is 11.6. The average molecular weight is 231 g/mol. The van der Waals surface area contributed by atoms with Crippen molar-refractivity contribution in [2.45, 2.75) is 25.8 Å². The van der Waals surface area contributed by atoms with Crippen molar-refractivity contribution in [1.29, 1.82) is 0 Å². The number of piperidine rings is 1. The Morgan fingerprint density at radius 3 is 2.82 bits per heavy atom. The molecule has 1 unspecified atom stereocenters. The van der Waals surface area contributed by atoms with Crippen LogP contribution in [0.3, 0.4) is 0 Å². The van der Waals surface area contributed by atoms with Gasteiger partial charge >= 0.3 is 0 Å². The van der Waals surface area contributed by atoms with E-state index in [0.29, 0.717) is 12.0 Å². The van der Waals surface area contributed by atoms with Gasteiger partial charge in [0, 0.05) is 12.0 Å². The summed E-state index contributed by atoms with van der Waals surface area (Å²) in [5.74, 6) is -0.797. The third-order valence-corrected chi connectivity index (χ3v) is 2.81. The Bertz CT molecular complexity index is 552. The number of hydrogen-bond acceptors (Lipinski definition) is 4. The molecule has 2 amide bonds. The van der Waals surface area contributed by atoms with Crippen molar-refractivity contribution in [3.8, 4) is 0 Å². The second kappa shape index (κ2) is 4.16. The third kappa shape index (κ3) is 2.00. The fraction of sp³-hybridized carbons (Fsp3) is 0.400. The van der Waals surface area contributed by atoms with E-state index in [2.05, 4.69) is 10.3 Å². The lowest BCUT2D eigenvalue weighted by Gasteiger charge is -2.22. The van der Waals surface area contributed by atoms with Crippen LogP contribution in [-0.4, -0.2) is 29.2 Å². The zero-order valence-corrected chi connectivity index (χ0v) is 9.27. The molecular formula is C10H10BN3O3. The molecule has 86 valence electrons. The van der Waals surface area contributed by atoms with Crippen LogP contribution < -0.4 is 16.5 Å². The zero-order chi connectivity index (χ0) is 12.6. The first-order valence-corrected chi connectivity index (χ1v) is 5.17. The summed E-state index contributed by atoms with van der Waals surface area (Å²) in [7, 11) is 5.50. The van der Waals surface area contributed by atoms with Crippen LogP contribution >= 0.6 is 0 Å². The number of hydrogen-bond donors (Lipinski definition) is 1. The molecule has 1 aliphatic rings. The van der Waals surface area contributed by atoms with Crippen molar-refractivity contribution in [2.24, 2.45) is 0 Å². The Labute approximate surface area is 98.5 Å². The first-order chi connectivity index (χ1) is 8.00. The van der Waals surface area contributed by atoms with Crippen molar-refractivity contribution in [3.05, 3.63) is 22.2 Å². The van der Waals surface area contributed by atoms with Crippen LogP contribution in [0.2, 0.25) is 0 Å². The van der Waals surface area contributed by atoms with Crippen LogP contribution in [0.4, 0.5) is 0 Å². The highest BCUT2D eigenvalue weighted by Gasteiger charge is 2.29. The minimum absolute atomic E-state index is 0.151. The lowest BCUT2D eigenvalue weighted by molar-refractivity contribution is -0.135. The lowest BCUT2D eigenvalue weighted by Crippen LogP contribution is -2.45. The first-order valence-electron chi connectivity index (χ1n) is 5.17. The highest BCUT2D eigenvalue weighted by molar-refractivity contribution is 6.31. The Hall–Kier alpha value is -1.92. The van der Waals surface area contributed by atoms with E-state index in [1.807, 2.05) is 0 Å². The number of rotatable bonds is 1. The van der Waals surface area contributed by atoms with Gasteiger partial charge in [-0.1, -0.05) is 0 Å². The van der Waals surface area contributed by atoms with Gasteiger partial charge in [0.2, 0.25) is 11.8 Å². The second-order valence-corrected chi connectivity index (χ2v) is 3.93. The van der Waals surface area contributed by atoms with Crippen LogP contribution in [0, 0.1) is 6.92 Å². The maximum absolute atomic E-state index is 11.9. The molecule has 1 saturated heterocycles. The van der Waals surface area contributed by atoms with Crippen molar-refractivity contribution in [1.82, 2.24) is 14.9 Å². The van der Waals surface area contributed by atoms with Gasteiger partial charge in [-0.25, -0.2) is 0 Å². The van der Waals surface area contributed by atoms with Gasteiger partial charge in [-0.15, -0.1) is 0 Å². The van der Waals surface area contributed by atoms with Gasteiger partial charge in [0.15, 0.2) is 0 Å². The van der Waals surface area contributed by atoms with E-state index in [0.717, 1.165) is 0 Å². The number of imide groups is 1. The van der Waals surface area contributed by atoms with Crippen LogP contribution in [0.25, 0.3) is 0 Å². The number of nitrogens with one attached hydrogen (secondary N) is 1. The molecular weight excluding hydrogens is 221 g/mol. The van der Waals surface area contributed by atoms with Crippen molar-refractivity contribution in [2.75, 3.05) is 0 Å². The molecule has 0 aliphatic carbocycles. The smallest absolute Gasteiger partial charge is 0.256 e. The predicted molar refractivity (Wildman–Crippen MR) is 60.0 cm³/mol. The minimum Gasteiger partial charge on any atom is -0.295 e. The Morgan fingerprint density at radius 2 is 2.18 bits per heavy atom. The van der Waals surface area contributed by atoms with Crippen molar-refractivity contribution in [3.63, 3.8) is 0 Å². The van der Waals surface area contributed by atoms with E-state index < -0.39 is 11.9 Å². The van der Waals surface area contributed by atoms with Gasteiger partial charge in [0.25, 0.3) is 5.56 Å². The molecule has 1 atom stereocenters. The SMILES string of the molecule is [B]c1ncn(C2CCC(=O)NC2=O)c(=O)c1C. The molecule has 1 N–H and O–H groups in total. The summed E-state index contributed by atoms with van der Waals surface area (Å²) in [4.78, 5) is 38.3. The second-order valence-electron chi connectivity index (χ2n) is 3.93. The third-order valence-electron chi connectivity index (χ3n) is 2.81. The molecule has 7 heteroatoms. The summed E-state index contributed by atoms with van der Waals surface area (Å²) in [6, 6.07) is -0.688. The monoisotopic (exact) mass is 231 g/mol. The number of amides is 2. The number of carbonyl (C=O) groups excluding carboxylic acids is 2. The van der Waals surface area contributed by atoms with Gasteiger partial charge < -0.3 is 0 Å². The molecule has 17 heavy (non-hydrogen) atoms. The zero-order valence-electron chi connectivity index (χ0n) is 9.27. The highest BCUT2D eigenvalue weighted by atomic mass is 16.2. The van der Waals surface area contributed by atoms with Crippen molar-refractivity contribution < 1.29 is 9.59 Å². The highest BCUT2D eigenvalue weighted by Crippen LogP contribution is 2.15. The Morgan fingerprint density at radius 1 is 1.47 bits per heavy atom. The van der Waals surface area contributed by atoms with Crippen LogP contribution in [0.1, 0.15) is 24.4 Å². The molecule has 0 saturated carbocycles. The molecule has 2 heterocycles. The van der Waals surface area contributed by atoms with E-state index >= 15 is 0 Å². The van der Waals surface area contributed by atoms with Crippen LogP contribution in [0.5, 0.6) is 0 Å². The van der Waals surface area contributed by atoms with Gasteiger partial charge in [-0.05, 0) is 18.9 Å². The lowest BCUT2D eigenvalue weighted by atomic mass is 9.99. The molecule has 1 aliphatic heterocycles. The van der Waals surface area contributed by atoms with Crippen molar-refractivity contribution >= 4 is 25.3 Å². The molecule has 0 aromatic carbocycles. The standard InChI is InChI=1S/C10H10BN3O3/c1-5-8(11)12-4-14(10(5)17)6-2-3-7(15)13-9(6)16/h4,6H,2-3H2,1H3,(H,13,15,16). The van der Waals surface area contributed by atoms with E-state index in [1.54, 1.807) is 6.92 Å². The van der Waals surface area contributed by atoms with Gasteiger partial charge in [0.05, 0.1) is 6.33 Å². The molecule has 0 spiro atoms. The van der Waals surface area contributed by atoms with E-state index in [9.17, 15) is 14.4 Å². The predicted octanol–water partition coefficient (Wildman–Crippen LogP) is -1.68. The molecule has 1 aromatic rings. The van der Waals surface area contributed by atoms with Gasteiger partial charge in [-0.3, -0.25) is 29.3 Å². The molecule has 1 fully saturated rings. The van der Waals surface area contributed by atoms with E-state index in [-0.39, 0.29) is 23.5 Å². The van der Waals surface area contributed by atoms with E-state index in [1.165, 1.54) is 10.9 Å². The summed E-state index contributed by atoms with van der Waals surface area (Å²) in [5.41, 5.74) is 0.0998. The maximum atomic E-state index is 11.9. The number of carbonyl (C=O) groups is 2. The maximum Gasteiger partial charge on any atom is 0.256 e. The Balaban J connectivity index is 2.42. The summed E-state index contributed by atoms with van der Waals surface area (Å²) in [6.45, 7) is 1.55. The Kier molecular flexibility index (Phi) is 2.83. The topological polar surface area (TPSA) is 81.1 Å². The van der Waals surface area contributed by atoms with Crippen LogP contribution in [-0.2, 0) is 9.59 Å². The summed E-state index contributed by atoms with van der Waals surface area (Å²) in [5, 5.41) is 2.19. The molecule has 2 rings (SSSR count). The molecule has 2 radical (unpaired) electrons. The average Bonchev–Trinajstić information content (AvgIpc) is 2.28. The molecule has 6 nitrogen and oxygen atoms in total. The van der Waals surface area contributed by atoms with Gasteiger partial charge in [0.1, 0.15) is 13.9 Å². The van der Waals surface area contributed by atoms with Gasteiger partial charge in [-0.2, -0.15) is 0 Å². The summed E-state index contributed by atoms with van der Waals surface area (Å²) >= 11 is 0. The summed E-state index contributed by atoms with van der Waals surface area (Å²) < 4.78 is 1.22. The summed E-state index contributed by atoms with van der Waals surface area (Å²) in [6.07, 6.45) is 1.76.